The number of hydrogen-bond donors (Lipinski definition) is 3. The zero-order valence-electron chi connectivity index (χ0n) is 15.7. The van der Waals surface area contributed by atoms with Crippen LogP contribution in [0, 0.1) is 0 Å². The Labute approximate surface area is 151 Å². The standard InChI is InChI=1S/C19H32N4O2/c1-4-6-12-25-13-8-11-21-19(20-5-2)22-15-17-9-7-10-18(14-17)23-16(3)24/h7,9-10,14H,4-6,8,11-13,15H2,1-3H3,(H,23,24)(H2,20,21,22). The summed E-state index contributed by atoms with van der Waals surface area (Å²) in [6, 6.07) is 7.73. The summed E-state index contributed by atoms with van der Waals surface area (Å²) in [6.45, 7) is 9.51. The van der Waals surface area contributed by atoms with E-state index in [1.165, 1.54) is 13.3 Å². The van der Waals surface area contributed by atoms with Crippen molar-refractivity contribution >= 4 is 17.6 Å². The topological polar surface area (TPSA) is 74.8 Å². The van der Waals surface area contributed by atoms with Gasteiger partial charge in [0.2, 0.25) is 5.91 Å². The monoisotopic (exact) mass is 348 g/mol. The fourth-order valence-corrected chi connectivity index (χ4v) is 2.19. The molecule has 0 heterocycles. The normalized spacial score (nSPS) is 11.2. The Morgan fingerprint density at radius 2 is 1.96 bits per heavy atom. The van der Waals surface area contributed by atoms with E-state index < -0.39 is 0 Å². The van der Waals surface area contributed by atoms with Gasteiger partial charge in [-0.2, -0.15) is 0 Å². The number of anilines is 1. The SMILES string of the molecule is CCCCOCCCNC(=NCc1cccc(NC(C)=O)c1)NCC. The molecule has 0 radical (unpaired) electrons. The van der Waals surface area contributed by atoms with Crippen LogP contribution in [0.25, 0.3) is 0 Å². The summed E-state index contributed by atoms with van der Waals surface area (Å²) in [7, 11) is 0. The fraction of sp³-hybridized carbons (Fsp3) is 0.579. The number of rotatable bonds is 11. The third kappa shape index (κ3) is 10.4. The number of carbonyl (C=O) groups is 1. The van der Waals surface area contributed by atoms with Crippen LogP contribution in [0.5, 0.6) is 0 Å². The summed E-state index contributed by atoms with van der Waals surface area (Å²) in [5, 5.41) is 9.35. The minimum Gasteiger partial charge on any atom is -0.381 e. The van der Waals surface area contributed by atoms with Gasteiger partial charge in [-0.05, 0) is 37.5 Å². The van der Waals surface area contributed by atoms with Gasteiger partial charge in [0, 0.05) is 38.9 Å². The van der Waals surface area contributed by atoms with E-state index in [-0.39, 0.29) is 5.91 Å². The quantitative estimate of drug-likeness (QED) is 0.326. The van der Waals surface area contributed by atoms with Crippen LogP contribution in [-0.2, 0) is 16.1 Å². The van der Waals surface area contributed by atoms with Crippen molar-refractivity contribution < 1.29 is 9.53 Å². The number of nitrogens with one attached hydrogen (secondary N) is 3. The van der Waals surface area contributed by atoms with Crippen molar-refractivity contribution in [1.29, 1.82) is 0 Å². The van der Waals surface area contributed by atoms with Crippen molar-refractivity contribution in [2.45, 2.75) is 46.6 Å². The molecule has 0 fully saturated rings. The fourth-order valence-electron chi connectivity index (χ4n) is 2.19. The maximum Gasteiger partial charge on any atom is 0.221 e. The average molecular weight is 348 g/mol. The second-order valence-electron chi connectivity index (χ2n) is 5.82. The molecule has 0 spiro atoms. The third-order valence-electron chi connectivity index (χ3n) is 3.41. The van der Waals surface area contributed by atoms with E-state index in [1.54, 1.807) is 0 Å². The molecule has 25 heavy (non-hydrogen) atoms. The molecule has 0 unspecified atom stereocenters. The molecule has 0 aliphatic rings. The first-order chi connectivity index (χ1) is 12.2. The summed E-state index contributed by atoms with van der Waals surface area (Å²) in [5.74, 6) is 0.720. The van der Waals surface area contributed by atoms with Crippen LogP contribution in [-0.4, -0.2) is 38.2 Å². The zero-order chi connectivity index (χ0) is 18.3. The average Bonchev–Trinajstić information content (AvgIpc) is 2.58. The van der Waals surface area contributed by atoms with E-state index >= 15 is 0 Å². The largest absolute Gasteiger partial charge is 0.381 e. The third-order valence-corrected chi connectivity index (χ3v) is 3.41. The van der Waals surface area contributed by atoms with Gasteiger partial charge in [0.1, 0.15) is 0 Å². The first kappa shape index (κ1) is 21.0. The van der Waals surface area contributed by atoms with E-state index in [0.29, 0.717) is 6.54 Å². The number of amides is 1. The number of ether oxygens (including phenoxy) is 1. The minimum absolute atomic E-state index is 0.0724. The number of unbranched alkanes of at least 4 members (excludes halogenated alkanes) is 1. The van der Waals surface area contributed by atoms with Crippen molar-refractivity contribution in [3.63, 3.8) is 0 Å². The second kappa shape index (κ2) is 13.2. The molecule has 0 aromatic heterocycles. The van der Waals surface area contributed by atoms with Gasteiger partial charge in [-0.15, -0.1) is 0 Å². The Balaban J connectivity index is 2.42. The van der Waals surface area contributed by atoms with Crippen molar-refractivity contribution in [3.05, 3.63) is 29.8 Å². The van der Waals surface area contributed by atoms with Crippen LogP contribution in [0.4, 0.5) is 5.69 Å². The molecule has 1 aromatic carbocycles. The number of aliphatic imine (C=N–C) groups is 1. The molecule has 6 heteroatoms. The number of guanidine groups is 1. The molecule has 1 aromatic rings. The maximum atomic E-state index is 11.1. The van der Waals surface area contributed by atoms with Gasteiger partial charge in [0.15, 0.2) is 5.96 Å². The highest BCUT2D eigenvalue weighted by Gasteiger charge is 2.00. The highest BCUT2D eigenvalue weighted by molar-refractivity contribution is 5.88. The molecule has 0 atom stereocenters. The van der Waals surface area contributed by atoms with Crippen LogP contribution in [0.3, 0.4) is 0 Å². The maximum absolute atomic E-state index is 11.1. The lowest BCUT2D eigenvalue weighted by molar-refractivity contribution is -0.114. The van der Waals surface area contributed by atoms with Gasteiger partial charge in [-0.25, -0.2) is 4.99 Å². The van der Waals surface area contributed by atoms with Crippen LogP contribution < -0.4 is 16.0 Å². The predicted molar refractivity (Wildman–Crippen MR) is 104 cm³/mol. The summed E-state index contributed by atoms with van der Waals surface area (Å²) in [5.41, 5.74) is 1.84. The van der Waals surface area contributed by atoms with Gasteiger partial charge in [0.05, 0.1) is 6.54 Å². The first-order valence-corrected chi connectivity index (χ1v) is 9.12. The number of benzene rings is 1. The molecule has 140 valence electrons. The number of hydrogen-bond acceptors (Lipinski definition) is 3. The Hall–Kier alpha value is -2.08. The molecule has 1 amide bonds. The van der Waals surface area contributed by atoms with E-state index in [0.717, 1.165) is 56.4 Å². The Morgan fingerprint density at radius 3 is 2.68 bits per heavy atom. The van der Waals surface area contributed by atoms with E-state index in [1.807, 2.05) is 31.2 Å². The van der Waals surface area contributed by atoms with E-state index in [2.05, 4.69) is 27.9 Å². The Bertz CT molecular complexity index is 532. The van der Waals surface area contributed by atoms with Crippen LogP contribution in [0.1, 0.15) is 45.6 Å². The van der Waals surface area contributed by atoms with E-state index in [9.17, 15) is 4.79 Å². The van der Waals surface area contributed by atoms with Crippen LogP contribution in [0.15, 0.2) is 29.3 Å². The zero-order valence-corrected chi connectivity index (χ0v) is 15.7. The molecule has 6 nitrogen and oxygen atoms in total. The van der Waals surface area contributed by atoms with Crippen molar-refractivity contribution in [2.75, 3.05) is 31.6 Å². The molecular weight excluding hydrogens is 316 g/mol. The highest BCUT2D eigenvalue weighted by atomic mass is 16.5. The second-order valence-corrected chi connectivity index (χ2v) is 5.82. The lowest BCUT2D eigenvalue weighted by atomic mass is 10.2. The van der Waals surface area contributed by atoms with Gasteiger partial charge < -0.3 is 20.7 Å². The van der Waals surface area contributed by atoms with Crippen LogP contribution in [0.2, 0.25) is 0 Å². The summed E-state index contributed by atoms with van der Waals surface area (Å²) in [6.07, 6.45) is 3.24. The lowest BCUT2D eigenvalue weighted by Crippen LogP contribution is -2.38. The molecule has 3 N–H and O–H groups in total. The first-order valence-electron chi connectivity index (χ1n) is 9.12. The smallest absolute Gasteiger partial charge is 0.221 e. The molecular formula is C19H32N4O2. The number of carbonyl (C=O) groups excluding carboxylic acids is 1. The lowest BCUT2D eigenvalue weighted by Gasteiger charge is -2.11. The van der Waals surface area contributed by atoms with Gasteiger partial charge in [0.25, 0.3) is 0 Å². The van der Waals surface area contributed by atoms with Crippen molar-refractivity contribution in [2.24, 2.45) is 4.99 Å². The molecule has 0 saturated heterocycles. The molecule has 0 aliphatic heterocycles. The van der Waals surface area contributed by atoms with Crippen molar-refractivity contribution in [1.82, 2.24) is 10.6 Å². The van der Waals surface area contributed by atoms with Gasteiger partial charge in [-0.1, -0.05) is 25.5 Å². The predicted octanol–water partition coefficient (Wildman–Crippen LogP) is 2.91. The van der Waals surface area contributed by atoms with Crippen LogP contribution >= 0.6 is 0 Å². The number of nitrogens with zero attached hydrogens (tertiary/aromatic N) is 1. The summed E-state index contributed by atoms with van der Waals surface area (Å²) >= 11 is 0. The summed E-state index contributed by atoms with van der Waals surface area (Å²) in [4.78, 5) is 15.7. The van der Waals surface area contributed by atoms with Gasteiger partial charge >= 0.3 is 0 Å². The minimum atomic E-state index is -0.0724. The molecule has 0 bridgehead atoms. The Kier molecular flexibility index (Phi) is 11.1. The summed E-state index contributed by atoms with van der Waals surface area (Å²) < 4.78 is 5.56. The Morgan fingerprint density at radius 1 is 1.16 bits per heavy atom. The molecule has 1 rings (SSSR count). The van der Waals surface area contributed by atoms with E-state index in [4.69, 9.17) is 4.74 Å². The molecule has 0 saturated carbocycles. The van der Waals surface area contributed by atoms with Crippen molar-refractivity contribution in [3.8, 4) is 0 Å². The molecule has 0 aliphatic carbocycles. The highest BCUT2D eigenvalue weighted by Crippen LogP contribution is 2.11. The van der Waals surface area contributed by atoms with Gasteiger partial charge in [-0.3, -0.25) is 4.79 Å².